The zero-order chi connectivity index (χ0) is 17.4. The first-order valence-corrected chi connectivity index (χ1v) is 10.6. The van der Waals surface area contributed by atoms with Crippen LogP contribution in [0.2, 0.25) is 0 Å². The summed E-state index contributed by atoms with van der Waals surface area (Å²) in [4.78, 5) is 2.49. The van der Waals surface area contributed by atoms with Gasteiger partial charge in [0.25, 0.3) is 0 Å². The molecule has 134 valence electrons. The predicted octanol–water partition coefficient (Wildman–Crippen LogP) is 2.30. The number of nitrogens with zero attached hydrogens (tertiary/aromatic N) is 1. The van der Waals surface area contributed by atoms with Crippen LogP contribution < -0.4 is 4.72 Å². The molecule has 1 N–H and O–H groups in total. The molecule has 2 atom stereocenters. The number of likely N-dealkylation sites (tertiary alicyclic amines) is 1. The number of fused-ring (bicyclic) bond motifs is 1. The third-order valence-electron chi connectivity index (χ3n) is 5.52. The zero-order valence-corrected chi connectivity index (χ0v) is 15.6. The van der Waals surface area contributed by atoms with Gasteiger partial charge in [0.05, 0.1) is 12.9 Å². The summed E-state index contributed by atoms with van der Waals surface area (Å²) in [5.74, 6) is 1.33. The third kappa shape index (κ3) is 3.60. The predicted molar refractivity (Wildman–Crippen MR) is 96.8 cm³/mol. The van der Waals surface area contributed by atoms with Gasteiger partial charge in [-0.1, -0.05) is 26.0 Å². The molecule has 1 aliphatic carbocycles. The summed E-state index contributed by atoms with van der Waals surface area (Å²) in [5, 5.41) is 0. The second-order valence-corrected chi connectivity index (χ2v) is 9.07. The van der Waals surface area contributed by atoms with Crippen molar-refractivity contribution in [1.29, 1.82) is 0 Å². The van der Waals surface area contributed by atoms with Gasteiger partial charge in [-0.3, -0.25) is 4.72 Å². The quantitative estimate of drug-likeness (QED) is 0.730. The van der Waals surface area contributed by atoms with Gasteiger partial charge in [0, 0.05) is 37.3 Å². The Morgan fingerprint density at radius 2 is 2.00 bits per heavy atom. The first-order chi connectivity index (χ1) is 11.3. The molecule has 1 heterocycles. The molecule has 1 saturated heterocycles. The second kappa shape index (κ2) is 6.65. The van der Waals surface area contributed by atoms with Crippen LogP contribution in [-0.2, 0) is 20.2 Å². The van der Waals surface area contributed by atoms with Crippen LogP contribution in [0.1, 0.15) is 25.8 Å². The molecule has 0 bridgehead atoms. The van der Waals surface area contributed by atoms with Crippen molar-refractivity contribution in [2.24, 2.45) is 11.8 Å². The van der Waals surface area contributed by atoms with Crippen molar-refractivity contribution in [2.75, 3.05) is 43.8 Å². The highest BCUT2D eigenvalue weighted by molar-refractivity contribution is 7.92. The van der Waals surface area contributed by atoms with Crippen LogP contribution >= 0.6 is 0 Å². The number of hydrogen-bond acceptors (Lipinski definition) is 4. The molecular weight excluding hydrogens is 324 g/mol. The normalized spacial score (nSPS) is 29.5. The van der Waals surface area contributed by atoms with E-state index < -0.39 is 10.0 Å². The van der Waals surface area contributed by atoms with E-state index in [1.54, 1.807) is 0 Å². The highest BCUT2D eigenvalue weighted by Crippen LogP contribution is 2.63. The Balaban J connectivity index is 1.59. The van der Waals surface area contributed by atoms with E-state index in [0.717, 1.165) is 39.3 Å². The Kier molecular flexibility index (Phi) is 4.91. The molecule has 1 aromatic carbocycles. The van der Waals surface area contributed by atoms with Crippen molar-refractivity contribution < 1.29 is 13.2 Å². The summed E-state index contributed by atoms with van der Waals surface area (Å²) < 4.78 is 31.0. The first-order valence-electron chi connectivity index (χ1n) is 8.73. The number of rotatable bonds is 8. The largest absolute Gasteiger partial charge is 0.380 e. The number of piperidine rings is 1. The van der Waals surface area contributed by atoms with Crippen LogP contribution in [0, 0.1) is 11.8 Å². The molecular formula is C18H28N2O3S. The Bertz CT molecular complexity index is 677. The number of ether oxygens (including phenoxy) is 1. The zero-order valence-electron chi connectivity index (χ0n) is 14.8. The topological polar surface area (TPSA) is 58.6 Å². The molecule has 0 spiro atoms. The third-order valence-corrected chi connectivity index (χ3v) is 6.12. The highest BCUT2D eigenvalue weighted by Gasteiger charge is 2.65. The van der Waals surface area contributed by atoms with Crippen LogP contribution in [0.3, 0.4) is 0 Å². The second-order valence-electron chi connectivity index (χ2n) is 7.32. The van der Waals surface area contributed by atoms with Crippen LogP contribution in [0.15, 0.2) is 24.3 Å². The van der Waals surface area contributed by atoms with Gasteiger partial charge >= 0.3 is 0 Å². The minimum atomic E-state index is -3.23. The van der Waals surface area contributed by atoms with Gasteiger partial charge in [-0.05, 0) is 36.0 Å². The Hall–Kier alpha value is -1.11. The summed E-state index contributed by atoms with van der Waals surface area (Å²) >= 11 is 0. The van der Waals surface area contributed by atoms with Gasteiger partial charge in [-0.15, -0.1) is 0 Å². The van der Waals surface area contributed by atoms with E-state index in [2.05, 4.69) is 29.5 Å². The van der Waals surface area contributed by atoms with Gasteiger partial charge in [0.2, 0.25) is 10.0 Å². The molecule has 2 aliphatic rings. The summed E-state index contributed by atoms with van der Waals surface area (Å²) in [6.07, 6.45) is 2.26. The molecule has 2 fully saturated rings. The monoisotopic (exact) mass is 352 g/mol. The molecule has 2 unspecified atom stereocenters. The van der Waals surface area contributed by atoms with Crippen LogP contribution in [0.4, 0.5) is 5.69 Å². The van der Waals surface area contributed by atoms with E-state index in [1.807, 2.05) is 18.2 Å². The van der Waals surface area contributed by atoms with Gasteiger partial charge < -0.3 is 9.64 Å². The van der Waals surface area contributed by atoms with Gasteiger partial charge in [-0.2, -0.15) is 0 Å². The molecule has 0 radical (unpaired) electrons. The molecule has 0 aromatic heterocycles. The lowest BCUT2D eigenvalue weighted by Gasteiger charge is -2.24. The van der Waals surface area contributed by atoms with E-state index in [9.17, 15) is 8.42 Å². The summed E-state index contributed by atoms with van der Waals surface area (Å²) in [6, 6.07) is 7.87. The molecule has 24 heavy (non-hydrogen) atoms. The molecule has 1 saturated carbocycles. The van der Waals surface area contributed by atoms with E-state index in [0.29, 0.717) is 17.5 Å². The van der Waals surface area contributed by atoms with Crippen LogP contribution in [0.25, 0.3) is 0 Å². The fourth-order valence-electron chi connectivity index (χ4n) is 4.15. The fraction of sp³-hybridized carbons (Fsp3) is 0.667. The molecule has 0 amide bonds. The summed E-state index contributed by atoms with van der Waals surface area (Å²) in [7, 11) is -3.23. The average Bonchev–Trinajstić information content (AvgIpc) is 2.88. The molecule has 5 nitrogen and oxygen atoms in total. The smallest absolute Gasteiger partial charge is 0.229 e. The SMILES string of the molecule is CCCOCCN1CC2C(C1)C2(C)c1cccc(NS(C)(=O)=O)c1. The van der Waals surface area contributed by atoms with E-state index in [4.69, 9.17) is 4.74 Å². The van der Waals surface area contributed by atoms with E-state index in [-0.39, 0.29) is 5.41 Å². The maximum atomic E-state index is 11.4. The molecule has 3 rings (SSSR count). The Morgan fingerprint density at radius 1 is 1.29 bits per heavy atom. The van der Waals surface area contributed by atoms with Gasteiger partial charge in [-0.25, -0.2) is 8.42 Å². The van der Waals surface area contributed by atoms with Crippen molar-refractivity contribution in [3.63, 3.8) is 0 Å². The molecule has 6 heteroatoms. The van der Waals surface area contributed by atoms with Crippen molar-refractivity contribution in [2.45, 2.75) is 25.7 Å². The Morgan fingerprint density at radius 3 is 2.62 bits per heavy atom. The number of anilines is 1. The maximum Gasteiger partial charge on any atom is 0.229 e. The molecule has 1 aliphatic heterocycles. The van der Waals surface area contributed by atoms with Gasteiger partial charge in [0.1, 0.15) is 0 Å². The minimum Gasteiger partial charge on any atom is -0.380 e. The van der Waals surface area contributed by atoms with Crippen LogP contribution in [0.5, 0.6) is 0 Å². The minimum absolute atomic E-state index is 0.177. The summed E-state index contributed by atoms with van der Waals surface area (Å²) in [5.41, 5.74) is 2.08. The fourth-order valence-corrected chi connectivity index (χ4v) is 4.70. The van der Waals surface area contributed by atoms with Crippen molar-refractivity contribution in [1.82, 2.24) is 4.90 Å². The lowest BCUT2D eigenvalue weighted by atomic mass is 9.92. The lowest BCUT2D eigenvalue weighted by molar-refractivity contribution is 0.106. The van der Waals surface area contributed by atoms with Crippen molar-refractivity contribution in [3.8, 4) is 0 Å². The van der Waals surface area contributed by atoms with Crippen molar-refractivity contribution >= 4 is 15.7 Å². The molecule has 1 aromatic rings. The highest BCUT2D eigenvalue weighted by atomic mass is 32.2. The number of hydrogen-bond donors (Lipinski definition) is 1. The average molecular weight is 353 g/mol. The summed E-state index contributed by atoms with van der Waals surface area (Å²) in [6.45, 7) is 9.34. The van der Waals surface area contributed by atoms with Crippen LogP contribution in [-0.4, -0.2) is 52.4 Å². The maximum absolute atomic E-state index is 11.4. The number of benzene rings is 1. The lowest BCUT2D eigenvalue weighted by Crippen LogP contribution is -2.31. The number of nitrogens with one attached hydrogen (secondary N) is 1. The van der Waals surface area contributed by atoms with Crippen molar-refractivity contribution in [3.05, 3.63) is 29.8 Å². The van der Waals surface area contributed by atoms with Gasteiger partial charge in [0.15, 0.2) is 0 Å². The van der Waals surface area contributed by atoms with E-state index in [1.165, 1.54) is 11.8 Å². The standard InChI is InChI=1S/C18H28N2O3S/c1-4-9-23-10-8-20-12-16-17(13-20)18(16,2)14-6-5-7-15(11-14)19-24(3,21)22/h5-7,11,16-17,19H,4,8-10,12-13H2,1-3H3. The Labute approximate surface area is 145 Å². The first kappa shape index (κ1) is 17.7. The number of sulfonamides is 1. The van der Waals surface area contributed by atoms with E-state index >= 15 is 0 Å².